The molecule has 8 heteroatoms. The van der Waals surface area contributed by atoms with Crippen molar-refractivity contribution in [1.82, 2.24) is 5.32 Å². The highest BCUT2D eigenvalue weighted by atomic mass is 32.2. The summed E-state index contributed by atoms with van der Waals surface area (Å²) in [6.45, 7) is 2.98. The van der Waals surface area contributed by atoms with Gasteiger partial charge in [0.2, 0.25) is 5.91 Å². The molecule has 0 rings (SSSR count). The summed E-state index contributed by atoms with van der Waals surface area (Å²) >= 11 is 1.65. The van der Waals surface area contributed by atoms with Crippen LogP contribution in [0.15, 0.2) is 0 Å². The molecular weight excluding hydrogens is 325 g/mol. The zero-order valence-corrected chi connectivity index (χ0v) is 15.4. The molecule has 0 bridgehead atoms. The van der Waals surface area contributed by atoms with Crippen molar-refractivity contribution in [2.24, 2.45) is 0 Å². The predicted octanol–water partition coefficient (Wildman–Crippen LogP) is 2.65. The van der Waals surface area contributed by atoms with Crippen LogP contribution in [-0.4, -0.2) is 55.8 Å². The van der Waals surface area contributed by atoms with Gasteiger partial charge < -0.3 is 19.5 Å². The monoisotopic (exact) mass is 355 g/mol. The number of hydrogen-bond acceptors (Lipinski definition) is 5. The summed E-state index contributed by atoms with van der Waals surface area (Å²) in [5.74, 6) is 1.60. The van der Waals surface area contributed by atoms with Gasteiger partial charge in [0.1, 0.15) is 0 Å². The fourth-order valence-corrected chi connectivity index (χ4v) is 3.02. The van der Waals surface area contributed by atoms with Crippen molar-refractivity contribution in [3.05, 3.63) is 0 Å². The third-order valence-electron chi connectivity index (χ3n) is 2.84. The SMILES string of the molecule is COCCCCSCC(=O)NCCCCCCOP(C)(=O)O. The average Bonchev–Trinajstić information content (AvgIpc) is 2.44. The first-order valence-electron chi connectivity index (χ1n) is 7.74. The summed E-state index contributed by atoms with van der Waals surface area (Å²) in [5, 5.41) is 2.90. The van der Waals surface area contributed by atoms with Crippen molar-refractivity contribution in [2.75, 3.05) is 45.0 Å². The van der Waals surface area contributed by atoms with E-state index >= 15 is 0 Å². The molecule has 1 amide bonds. The molecule has 22 heavy (non-hydrogen) atoms. The van der Waals surface area contributed by atoms with Crippen LogP contribution in [0.3, 0.4) is 0 Å². The lowest BCUT2D eigenvalue weighted by atomic mass is 10.2. The van der Waals surface area contributed by atoms with Crippen molar-refractivity contribution in [3.63, 3.8) is 0 Å². The number of carbonyl (C=O) groups is 1. The Morgan fingerprint density at radius 3 is 2.50 bits per heavy atom. The van der Waals surface area contributed by atoms with Gasteiger partial charge in [-0.25, -0.2) is 0 Å². The van der Waals surface area contributed by atoms with Crippen LogP contribution in [0.25, 0.3) is 0 Å². The van der Waals surface area contributed by atoms with Gasteiger partial charge in [0.15, 0.2) is 0 Å². The molecule has 0 aromatic rings. The molecule has 0 aliphatic rings. The largest absolute Gasteiger partial charge is 0.385 e. The third-order valence-corrected chi connectivity index (χ3v) is 4.55. The number of rotatable bonds is 15. The molecule has 0 aromatic carbocycles. The standard InChI is InChI=1S/C14H30NO5PS/c1-19-10-7-8-12-22-13-14(16)15-9-5-3-4-6-11-20-21(2,17)18/h3-13H2,1-2H3,(H,15,16)(H,17,18). The molecular formula is C14H30NO5PS. The number of amides is 1. The van der Waals surface area contributed by atoms with Crippen LogP contribution in [0.4, 0.5) is 0 Å². The van der Waals surface area contributed by atoms with Gasteiger partial charge in [-0.15, -0.1) is 0 Å². The normalized spacial score (nSPS) is 13.8. The molecule has 0 fully saturated rings. The highest BCUT2D eigenvalue weighted by molar-refractivity contribution is 7.99. The Kier molecular flexibility index (Phi) is 14.5. The quantitative estimate of drug-likeness (QED) is 0.347. The Labute approximate surface area is 138 Å². The van der Waals surface area contributed by atoms with Gasteiger partial charge in [-0.3, -0.25) is 9.36 Å². The molecule has 0 aromatic heterocycles. The molecule has 0 spiro atoms. The van der Waals surface area contributed by atoms with Crippen molar-refractivity contribution in [2.45, 2.75) is 38.5 Å². The Morgan fingerprint density at radius 2 is 1.82 bits per heavy atom. The first-order chi connectivity index (χ1) is 10.5. The summed E-state index contributed by atoms with van der Waals surface area (Å²) in [5.41, 5.74) is 0. The molecule has 2 N–H and O–H groups in total. The van der Waals surface area contributed by atoms with Crippen LogP contribution >= 0.6 is 19.4 Å². The fourth-order valence-electron chi connectivity index (χ4n) is 1.71. The van der Waals surface area contributed by atoms with Crippen molar-refractivity contribution in [1.29, 1.82) is 0 Å². The highest BCUT2D eigenvalue weighted by Gasteiger charge is 2.08. The molecule has 0 aliphatic carbocycles. The second kappa shape index (κ2) is 14.5. The van der Waals surface area contributed by atoms with E-state index < -0.39 is 7.60 Å². The lowest BCUT2D eigenvalue weighted by Crippen LogP contribution is -2.26. The second-order valence-corrected chi connectivity index (χ2v) is 8.12. The number of unbranched alkanes of at least 4 members (excludes halogenated alkanes) is 4. The average molecular weight is 355 g/mol. The van der Waals surface area contributed by atoms with Gasteiger partial charge in [-0.1, -0.05) is 12.8 Å². The van der Waals surface area contributed by atoms with Crippen LogP contribution in [0, 0.1) is 0 Å². The van der Waals surface area contributed by atoms with E-state index in [-0.39, 0.29) is 5.91 Å². The van der Waals surface area contributed by atoms with E-state index in [1.54, 1.807) is 18.9 Å². The molecule has 0 saturated carbocycles. The zero-order valence-electron chi connectivity index (χ0n) is 13.7. The number of nitrogens with one attached hydrogen (secondary N) is 1. The maximum absolute atomic E-state index is 11.5. The van der Waals surface area contributed by atoms with Gasteiger partial charge in [0.05, 0.1) is 12.4 Å². The first-order valence-corrected chi connectivity index (χ1v) is 10.9. The van der Waals surface area contributed by atoms with E-state index in [0.717, 1.165) is 50.9 Å². The van der Waals surface area contributed by atoms with Gasteiger partial charge >= 0.3 is 7.60 Å². The number of methoxy groups -OCH3 is 1. The van der Waals surface area contributed by atoms with Crippen LogP contribution in [0.5, 0.6) is 0 Å². The smallest absolute Gasteiger partial charge is 0.325 e. The molecule has 0 aliphatic heterocycles. The Morgan fingerprint density at radius 1 is 1.14 bits per heavy atom. The zero-order chi connectivity index (χ0) is 16.7. The number of ether oxygens (including phenoxy) is 1. The van der Waals surface area contributed by atoms with Gasteiger partial charge in [-0.2, -0.15) is 11.8 Å². The fraction of sp³-hybridized carbons (Fsp3) is 0.929. The molecule has 6 nitrogen and oxygen atoms in total. The number of carbonyl (C=O) groups excluding carboxylic acids is 1. The molecule has 0 radical (unpaired) electrons. The van der Waals surface area contributed by atoms with Crippen molar-refractivity contribution >= 4 is 25.3 Å². The van der Waals surface area contributed by atoms with Crippen molar-refractivity contribution < 1.29 is 23.5 Å². The second-order valence-electron chi connectivity index (χ2n) is 5.15. The molecule has 0 saturated heterocycles. The molecule has 1 unspecified atom stereocenters. The first kappa shape index (κ1) is 21.9. The summed E-state index contributed by atoms with van der Waals surface area (Å²) < 4.78 is 20.6. The third kappa shape index (κ3) is 18.0. The highest BCUT2D eigenvalue weighted by Crippen LogP contribution is 2.36. The van der Waals surface area contributed by atoms with E-state index in [2.05, 4.69) is 5.32 Å². The van der Waals surface area contributed by atoms with Gasteiger partial charge in [0, 0.05) is 26.9 Å². The Hall–Kier alpha value is -0.0700. The molecule has 1 atom stereocenters. The molecule has 132 valence electrons. The lowest BCUT2D eigenvalue weighted by molar-refractivity contribution is -0.118. The van der Waals surface area contributed by atoms with Crippen LogP contribution in [0.2, 0.25) is 0 Å². The summed E-state index contributed by atoms with van der Waals surface area (Å²) in [7, 11) is -1.63. The van der Waals surface area contributed by atoms with E-state index in [0.29, 0.717) is 18.9 Å². The van der Waals surface area contributed by atoms with Crippen LogP contribution in [-0.2, 0) is 18.6 Å². The summed E-state index contributed by atoms with van der Waals surface area (Å²) in [4.78, 5) is 20.5. The summed E-state index contributed by atoms with van der Waals surface area (Å²) in [6, 6.07) is 0. The van der Waals surface area contributed by atoms with E-state index in [1.165, 1.54) is 6.66 Å². The van der Waals surface area contributed by atoms with E-state index in [1.807, 2.05) is 0 Å². The minimum atomic E-state index is -3.33. The van der Waals surface area contributed by atoms with Crippen LogP contribution in [0.1, 0.15) is 38.5 Å². The topological polar surface area (TPSA) is 84.9 Å². The molecule has 0 heterocycles. The maximum atomic E-state index is 11.5. The summed E-state index contributed by atoms with van der Waals surface area (Å²) in [6.07, 6.45) is 5.72. The van der Waals surface area contributed by atoms with E-state index in [4.69, 9.17) is 14.2 Å². The van der Waals surface area contributed by atoms with E-state index in [9.17, 15) is 9.36 Å². The lowest BCUT2D eigenvalue weighted by Gasteiger charge is -2.07. The van der Waals surface area contributed by atoms with Gasteiger partial charge in [0.25, 0.3) is 0 Å². The Bertz CT molecular complexity index is 324. The number of thioether (sulfide) groups is 1. The van der Waals surface area contributed by atoms with Crippen molar-refractivity contribution in [3.8, 4) is 0 Å². The number of hydrogen-bond donors (Lipinski definition) is 2. The maximum Gasteiger partial charge on any atom is 0.325 e. The predicted molar refractivity (Wildman–Crippen MR) is 91.6 cm³/mol. The minimum absolute atomic E-state index is 0.0901. The van der Waals surface area contributed by atoms with Crippen LogP contribution < -0.4 is 5.32 Å². The minimum Gasteiger partial charge on any atom is -0.385 e. The van der Waals surface area contributed by atoms with Gasteiger partial charge in [-0.05, 0) is 31.4 Å². The Balaban J connectivity index is 3.23.